The molecule has 4 N–H and O–H groups in total. The smallest absolute Gasteiger partial charge is 0.187 e. The molecule has 18 heavy (non-hydrogen) atoms. The van der Waals surface area contributed by atoms with Gasteiger partial charge < -0.3 is 15.9 Å². The van der Waals surface area contributed by atoms with Gasteiger partial charge in [0.2, 0.25) is 0 Å². The van der Waals surface area contributed by atoms with E-state index in [1.54, 1.807) is 24.3 Å². The molecule has 0 spiro atoms. The van der Waals surface area contributed by atoms with Crippen LogP contribution in [0.2, 0.25) is 0 Å². The van der Waals surface area contributed by atoms with Crippen molar-refractivity contribution >= 4 is 5.78 Å². The molecule has 0 aromatic heterocycles. The minimum atomic E-state index is -0.862. The second-order valence-corrected chi connectivity index (χ2v) is 3.93. The Kier molecular flexibility index (Phi) is 3.30. The van der Waals surface area contributed by atoms with Gasteiger partial charge in [-0.2, -0.15) is 0 Å². The lowest BCUT2D eigenvalue weighted by atomic mass is 9.97. The van der Waals surface area contributed by atoms with Crippen LogP contribution in [-0.2, 0) is 0 Å². The predicted octanol–water partition coefficient (Wildman–Crippen LogP) is 1.98. The van der Waals surface area contributed by atoms with Gasteiger partial charge in [0.25, 0.3) is 0 Å². The number of Topliss-reactive ketones (excluding diaryl/α,β-unsaturated/α-hetero) is 1. The highest BCUT2D eigenvalue weighted by Gasteiger charge is 2.21. The highest BCUT2D eigenvalue weighted by Crippen LogP contribution is 2.30. The van der Waals surface area contributed by atoms with Crippen LogP contribution < -0.4 is 5.73 Å². The molecule has 0 amide bonds. The maximum Gasteiger partial charge on any atom is 0.187 e. The van der Waals surface area contributed by atoms with Crippen molar-refractivity contribution in [3.8, 4) is 11.5 Å². The first-order valence-electron chi connectivity index (χ1n) is 5.47. The number of phenols is 2. The van der Waals surface area contributed by atoms with Gasteiger partial charge in [-0.05, 0) is 17.7 Å². The van der Waals surface area contributed by atoms with E-state index in [1.165, 1.54) is 18.2 Å². The standard InChI is InChI=1S/C14H13NO3/c15-12(9-5-2-1-3-6-9)14(18)10-7-4-8-11(16)13(10)17/h1-8,12,16-17H,15H2. The number of hydrogen-bond acceptors (Lipinski definition) is 4. The summed E-state index contributed by atoms with van der Waals surface area (Å²) in [4.78, 5) is 12.1. The summed E-state index contributed by atoms with van der Waals surface area (Å²) in [5.74, 6) is -1.20. The minimum absolute atomic E-state index is 0.0198. The van der Waals surface area contributed by atoms with E-state index < -0.39 is 17.6 Å². The highest BCUT2D eigenvalue weighted by atomic mass is 16.3. The lowest BCUT2D eigenvalue weighted by molar-refractivity contribution is 0.0958. The van der Waals surface area contributed by atoms with E-state index >= 15 is 0 Å². The molecule has 4 nitrogen and oxygen atoms in total. The molecule has 0 saturated heterocycles. The summed E-state index contributed by atoms with van der Waals surface area (Å²) < 4.78 is 0. The monoisotopic (exact) mass is 243 g/mol. The Morgan fingerprint density at radius 3 is 2.33 bits per heavy atom. The number of phenolic OH excluding ortho intramolecular Hbond substituents is 2. The molecule has 4 heteroatoms. The molecular weight excluding hydrogens is 230 g/mol. The molecule has 0 bridgehead atoms. The number of ketones is 1. The quantitative estimate of drug-likeness (QED) is 0.568. The average Bonchev–Trinajstić information content (AvgIpc) is 2.41. The molecule has 0 aliphatic heterocycles. The summed E-state index contributed by atoms with van der Waals surface area (Å²) in [7, 11) is 0. The van der Waals surface area contributed by atoms with E-state index in [1.807, 2.05) is 6.07 Å². The number of carbonyl (C=O) groups excluding carboxylic acids is 1. The van der Waals surface area contributed by atoms with E-state index in [0.29, 0.717) is 5.56 Å². The molecule has 0 saturated carbocycles. The normalized spacial score (nSPS) is 12.1. The summed E-state index contributed by atoms with van der Waals surface area (Å²) in [6.07, 6.45) is 0. The van der Waals surface area contributed by atoms with Crippen LogP contribution in [0.25, 0.3) is 0 Å². The summed E-state index contributed by atoms with van der Waals surface area (Å²) >= 11 is 0. The fourth-order valence-electron chi connectivity index (χ4n) is 1.71. The molecule has 0 aliphatic carbocycles. The van der Waals surface area contributed by atoms with Gasteiger partial charge in [-0.15, -0.1) is 0 Å². The van der Waals surface area contributed by atoms with Crippen LogP contribution in [0.4, 0.5) is 0 Å². The first kappa shape index (κ1) is 12.1. The number of hydrogen-bond donors (Lipinski definition) is 3. The number of aromatic hydroxyl groups is 2. The molecule has 2 aromatic rings. The Balaban J connectivity index is 2.35. The molecule has 2 rings (SSSR count). The van der Waals surface area contributed by atoms with Crippen molar-refractivity contribution in [2.24, 2.45) is 5.73 Å². The lowest BCUT2D eigenvalue weighted by Gasteiger charge is -2.12. The topological polar surface area (TPSA) is 83.6 Å². The van der Waals surface area contributed by atoms with Crippen LogP contribution in [0, 0.1) is 0 Å². The summed E-state index contributed by atoms with van der Waals surface area (Å²) in [6.45, 7) is 0. The van der Waals surface area contributed by atoms with Crippen LogP contribution in [0.1, 0.15) is 22.0 Å². The maximum atomic E-state index is 12.1. The molecule has 0 aliphatic rings. The van der Waals surface area contributed by atoms with Crippen molar-refractivity contribution in [2.75, 3.05) is 0 Å². The van der Waals surface area contributed by atoms with E-state index in [4.69, 9.17) is 5.73 Å². The zero-order valence-electron chi connectivity index (χ0n) is 9.58. The number of carbonyl (C=O) groups is 1. The van der Waals surface area contributed by atoms with Crippen LogP contribution in [0.3, 0.4) is 0 Å². The Bertz CT molecular complexity index is 567. The third-order valence-electron chi connectivity index (χ3n) is 2.72. The van der Waals surface area contributed by atoms with Crippen LogP contribution in [-0.4, -0.2) is 16.0 Å². The minimum Gasteiger partial charge on any atom is -0.504 e. The summed E-state index contributed by atoms with van der Waals surface area (Å²) in [5, 5.41) is 19.0. The van der Waals surface area contributed by atoms with Crippen molar-refractivity contribution in [3.05, 3.63) is 59.7 Å². The van der Waals surface area contributed by atoms with Crippen molar-refractivity contribution < 1.29 is 15.0 Å². The SMILES string of the molecule is NC(C(=O)c1cccc(O)c1O)c1ccccc1. The Labute approximate surface area is 104 Å². The van der Waals surface area contributed by atoms with Crippen molar-refractivity contribution in [1.29, 1.82) is 0 Å². The molecule has 0 fully saturated rings. The first-order chi connectivity index (χ1) is 8.61. The van der Waals surface area contributed by atoms with E-state index in [-0.39, 0.29) is 11.3 Å². The van der Waals surface area contributed by atoms with Gasteiger partial charge in [-0.3, -0.25) is 4.79 Å². The van der Waals surface area contributed by atoms with Crippen LogP contribution in [0.5, 0.6) is 11.5 Å². The maximum absolute atomic E-state index is 12.1. The largest absolute Gasteiger partial charge is 0.504 e. The zero-order valence-corrected chi connectivity index (χ0v) is 9.58. The van der Waals surface area contributed by atoms with E-state index in [2.05, 4.69) is 0 Å². The highest BCUT2D eigenvalue weighted by molar-refractivity contribution is 6.03. The average molecular weight is 243 g/mol. The summed E-state index contributed by atoms with van der Waals surface area (Å²) in [6, 6.07) is 12.2. The first-order valence-corrected chi connectivity index (χ1v) is 5.47. The van der Waals surface area contributed by atoms with Crippen LogP contribution >= 0.6 is 0 Å². The summed E-state index contributed by atoms with van der Waals surface area (Å²) in [5.41, 5.74) is 6.52. The number of nitrogens with two attached hydrogens (primary N) is 1. The van der Waals surface area contributed by atoms with Gasteiger partial charge >= 0.3 is 0 Å². The zero-order chi connectivity index (χ0) is 13.1. The van der Waals surface area contributed by atoms with Crippen molar-refractivity contribution in [2.45, 2.75) is 6.04 Å². The second kappa shape index (κ2) is 4.89. The van der Waals surface area contributed by atoms with E-state index in [9.17, 15) is 15.0 Å². The number of benzene rings is 2. The molecule has 0 radical (unpaired) electrons. The Morgan fingerprint density at radius 1 is 1.00 bits per heavy atom. The molecule has 0 heterocycles. The third-order valence-corrected chi connectivity index (χ3v) is 2.72. The number of rotatable bonds is 3. The molecular formula is C14H13NO3. The fraction of sp³-hybridized carbons (Fsp3) is 0.0714. The predicted molar refractivity (Wildman–Crippen MR) is 67.5 cm³/mol. The van der Waals surface area contributed by atoms with Crippen LogP contribution in [0.15, 0.2) is 48.5 Å². The van der Waals surface area contributed by atoms with Gasteiger partial charge in [0.05, 0.1) is 11.6 Å². The molecule has 1 atom stereocenters. The Hall–Kier alpha value is -2.33. The molecule has 2 aromatic carbocycles. The van der Waals surface area contributed by atoms with Gasteiger partial charge in [0.1, 0.15) is 0 Å². The number of para-hydroxylation sites is 1. The van der Waals surface area contributed by atoms with E-state index in [0.717, 1.165) is 0 Å². The van der Waals surface area contributed by atoms with Gasteiger partial charge in [-0.25, -0.2) is 0 Å². The second-order valence-electron chi connectivity index (χ2n) is 3.93. The fourth-order valence-corrected chi connectivity index (χ4v) is 1.71. The molecule has 1 unspecified atom stereocenters. The Morgan fingerprint density at radius 2 is 1.67 bits per heavy atom. The third kappa shape index (κ3) is 2.19. The molecule has 92 valence electrons. The van der Waals surface area contributed by atoms with Crippen molar-refractivity contribution in [1.82, 2.24) is 0 Å². The van der Waals surface area contributed by atoms with Gasteiger partial charge in [-0.1, -0.05) is 36.4 Å². The lowest BCUT2D eigenvalue weighted by Crippen LogP contribution is -2.21. The van der Waals surface area contributed by atoms with Crippen molar-refractivity contribution in [3.63, 3.8) is 0 Å². The van der Waals surface area contributed by atoms with Gasteiger partial charge in [0, 0.05) is 0 Å². The van der Waals surface area contributed by atoms with Gasteiger partial charge in [0.15, 0.2) is 17.3 Å².